The molecule has 1 aliphatic rings. The van der Waals surface area contributed by atoms with Crippen LogP contribution < -0.4 is 15.2 Å². The second-order valence-electron chi connectivity index (χ2n) is 4.99. The Morgan fingerprint density at radius 1 is 1.45 bits per heavy atom. The Morgan fingerprint density at radius 3 is 2.75 bits per heavy atom. The third-order valence-corrected chi connectivity index (χ3v) is 3.18. The summed E-state index contributed by atoms with van der Waals surface area (Å²) >= 11 is 0. The third kappa shape index (κ3) is 3.36. The summed E-state index contributed by atoms with van der Waals surface area (Å²) in [7, 11) is 0. The van der Waals surface area contributed by atoms with Crippen LogP contribution in [0.2, 0.25) is 0 Å². The number of fused-ring (bicyclic) bond motifs is 1. The van der Waals surface area contributed by atoms with Gasteiger partial charge in [0, 0.05) is 23.6 Å². The summed E-state index contributed by atoms with van der Waals surface area (Å²) in [6, 6.07) is 2.18. The molecule has 0 fully saturated rings. The number of alkyl halides is 3. The van der Waals surface area contributed by atoms with Crippen molar-refractivity contribution in [2.45, 2.75) is 45.0 Å². The highest BCUT2D eigenvalue weighted by Crippen LogP contribution is 2.39. The van der Waals surface area contributed by atoms with Crippen molar-refractivity contribution < 1.29 is 22.6 Å². The van der Waals surface area contributed by atoms with E-state index in [2.05, 4.69) is 0 Å². The van der Waals surface area contributed by atoms with Gasteiger partial charge in [0.25, 0.3) is 0 Å². The van der Waals surface area contributed by atoms with E-state index in [4.69, 9.17) is 15.2 Å². The van der Waals surface area contributed by atoms with Gasteiger partial charge in [0.1, 0.15) is 17.6 Å². The molecule has 0 aromatic heterocycles. The highest BCUT2D eigenvalue weighted by molar-refractivity contribution is 5.50. The highest BCUT2D eigenvalue weighted by Gasteiger charge is 2.33. The van der Waals surface area contributed by atoms with Crippen molar-refractivity contribution in [3.05, 3.63) is 23.3 Å². The number of nitrogens with two attached hydrogens (primary N) is 1. The summed E-state index contributed by atoms with van der Waals surface area (Å²) in [5, 5.41) is 0. The first-order valence-corrected chi connectivity index (χ1v) is 6.58. The zero-order chi connectivity index (χ0) is 14.9. The number of rotatable bonds is 4. The Kier molecular flexibility index (Phi) is 4.13. The van der Waals surface area contributed by atoms with Crippen molar-refractivity contribution in [1.82, 2.24) is 0 Å². The van der Waals surface area contributed by atoms with E-state index in [1.165, 1.54) is 0 Å². The zero-order valence-corrected chi connectivity index (χ0v) is 11.5. The Hall–Kier alpha value is -1.43. The minimum Gasteiger partial charge on any atom is -0.494 e. The van der Waals surface area contributed by atoms with Gasteiger partial charge < -0.3 is 15.2 Å². The fourth-order valence-electron chi connectivity index (χ4n) is 2.38. The molecule has 20 heavy (non-hydrogen) atoms. The van der Waals surface area contributed by atoms with E-state index in [0.29, 0.717) is 23.7 Å². The van der Waals surface area contributed by atoms with Crippen LogP contribution in [0.4, 0.5) is 13.2 Å². The van der Waals surface area contributed by atoms with Gasteiger partial charge in [-0.1, -0.05) is 0 Å². The van der Waals surface area contributed by atoms with E-state index in [1.807, 2.05) is 6.92 Å². The average molecular weight is 289 g/mol. The van der Waals surface area contributed by atoms with Crippen molar-refractivity contribution in [3.8, 4) is 11.5 Å². The van der Waals surface area contributed by atoms with Crippen LogP contribution in [0.1, 0.15) is 37.4 Å². The fourth-order valence-corrected chi connectivity index (χ4v) is 2.38. The van der Waals surface area contributed by atoms with E-state index in [0.717, 1.165) is 12.0 Å². The largest absolute Gasteiger partial charge is 0.494 e. The van der Waals surface area contributed by atoms with E-state index in [1.54, 1.807) is 19.1 Å². The molecule has 1 aromatic carbocycles. The predicted octanol–water partition coefficient (Wildman–Crippen LogP) is 3.36. The van der Waals surface area contributed by atoms with Gasteiger partial charge in [-0.15, -0.1) is 0 Å². The Labute approximate surface area is 115 Å². The minimum absolute atomic E-state index is 0.0218. The third-order valence-electron chi connectivity index (χ3n) is 3.18. The molecule has 1 aromatic rings. The van der Waals surface area contributed by atoms with Gasteiger partial charge in [-0.25, -0.2) is 0 Å². The molecule has 6 heteroatoms. The lowest BCUT2D eigenvalue weighted by atomic mass is 9.99. The molecule has 2 atom stereocenters. The zero-order valence-electron chi connectivity index (χ0n) is 11.5. The number of hydrogen-bond acceptors (Lipinski definition) is 3. The summed E-state index contributed by atoms with van der Waals surface area (Å²) in [5.74, 6) is 1.02. The Balaban J connectivity index is 2.33. The van der Waals surface area contributed by atoms with Gasteiger partial charge in [-0.3, -0.25) is 0 Å². The second-order valence-corrected chi connectivity index (χ2v) is 4.99. The summed E-state index contributed by atoms with van der Waals surface area (Å²) in [4.78, 5) is 0. The van der Waals surface area contributed by atoms with Crippen molar-refractivity contribution in [2.24, 2.45) is 5.73 Å². The van der Waals surface area contributed by atoms with E-state index < -0.39 is 18.6 Å². The van der Waals surface area contributed by atoms with Crippen molar-refractivity contribution in [2.75, 3.05) is 6.61 Å². The maximum absolute atomic E-state index is 12.5. The van der Waals surface area contributed by atoms with Gasteiger partial charge >= 0.3 is 6.18 Å². The first-order valence-electron chi connectivity index (χ1n) is 6.58. The number of benzene rings is 1. The molecular weight excluding hydrogens is 271 g/mol. The van der Waals surface area contributed by atoms with Crippen LogP contribution in [0.15, 0.2) is 12.1 Å². The van der Waals surface area contributed by atoms with Gasteiger partial charge in [-0.2, -0.15) is 13.2 Å². The molecule has 0 saturated carbocycles. The van der Waals surface area contributed by atoms with Crippen LogP contribution in [0, 0.1) is 0 Å². The molecule has 2 N–H and O–H groups in total. The molecular formula is C14H18F3NO2. The molecule has 2 rings (SSSR count). The van der Waals surface area contributed by atoms with E-state index in [-0.39, 0.29) is 6.10 Å². The molecule has 0 aliphatic carbocycles. The molecule has 0 bridgehead atoms. The monoisotopic (exact) mass is 289 g/mol. The van der Waals surface area contributed by atoms with E-state index in [9.17, 15) is 13.2 Å². The van der Waals surface area contributed by atoms with Crippen molar-refractivity contribution in [3.63, 3.8) is 0 Å². The van der Waals surface area contributed by atoms with Crippen LogP contribution in [0.25, 0.3) is 0 Å². The molecule has 0 radical (unpaired) electrons. The van der Waals surface area contributed by atoms with Crippen LogP contribution >= 0.6 is 0 Å². The Bertz CT molecular complexity index is 488. The summed E-state index contributed by atoms with van der Waals surface area (Å²) in [6.45, 7) is 4.07. The summed E-state index contributed by atoms with van der Waals surface area (Å²) in [5.41, 5.74) is 6.98. The standard InChI is InChI=1S/C14H18F3NO2/c1-3-19-13-5-9-4-8(2)20-12(9)6-10(13)11(18)7-14(15,16)17/h5-6,8,11H,3-4,7,18H2,1-2H3. The number of hydrogen-bond donors (Lipinski definition) is 1. The predicted molar refractivity (Wildman–Crippen MR) is 69.0 cm³/mol. The second kappa shape index (κ2) is 5.52. The summed E-state index contributed by atoms with van der Waals surface area (Å²) < 4.78 is 48.5. The normalized spacial score (nSPS) is 19.4. The maximum Gasteiger partial charge on any atom is 0.390 e. The minimum atomic E-state index is -4.31. The summed E-state index contributed by atoms with van der Waals surface area (Å²) in [6.07, 6.45) is -4.64. The van der Waals surface area contributed by atoms with Gasteiger partial charge in [0.15, 0.2) is 0 Å². The van der Waals surface area contributed by atoms with Crippen molar-refractivity contribution in [1.29, 1.82) is 0 Å². The molecule has 112 valence electrons. The first kappa shape index (κ1) is 15.0. The maximum atomic E-state index is 12.5. The smallest absolute Gasteiger partial charge is 0.390 e. The van der Waals surface area contributed by atoms with Gasteiger partial charge in [-0.05, 0) is 26.0 Å². The van der Waals surface area contributed by atoms with Gasteiger partial charge in [0.05, 0.1) is 13.0 Å². The molecule has 2 unspecified atom stereocenters. The average Bonchev–Trinajstić information content (AvgIpc) is 2.65. The lowest BCUT2D eigenvalue weighted by molar-refractivity contribution is -0.138. The van der Waals surface area contributed by atoms with Crippen LogP contribution in [-0.4, -0.2) is 18.9 Å². The molecule has 3 nitrogen and oxygen atoms in total. The highest BCUT2D eigenvalue weighted by atomic mass is 19.4. The molecule has 1 heterocycles. The fraction of sp³-hybridized carbons (Fsp3) is 0.571. The molecule has 1 aliphatic heterocycles. The number of ether oxygens (including phenoxy) is 2. The van der Waals surface area contributed by atoms with Crippen molar-refractivity contribution >= 4 is 0 Å². The van der Waals surface area contributed by atoms with Crippen LogP contribution in [-0.2, 0) is 6.42 Å². The topological polar surface area (TPSA) is 44.5 Å². The Morgan fingerprint density at radius 2 is 2.15 bits per heavy atom. The quantitative estimate of drug-likeness (QED) is 0.924. The van der Waals surface area contributed by atoms with E-state index >= 15 is 0 Å². The lowest BCUT2D eigenvalue weighted by Gasteiger charge is -2.19. The molecule has 0 amide bonds. The number of halogens is 3. The molecule has 0 spiro atoms. The van der Waals surface area contributed by atoms with Crippen LogP contribution in [0.3, 0.4) is 0 Å². The molecule has 0 saturated heterocycles. The van der Waals surface area contributed by atoms with Crippen LogP contribution in [0.5, 0.6) is 11.5 Å². The lowest BCUT2D eigenvalue weighted by Crippen LogP contribution is -2.21. The first-order chi connectivity index (χ1) is 9.30. The van der Waals surface area contributed by atoms with Gasteiger partial charge in [0.2, 0.25) is 0 Å². The SMILES string of the molecule is CCOc1cc2c(cc1C(N)CC(F)(F)F)OC(C)C2.